The van der Waals surface area contributed by atoms with Gasteiger partial charge in [-0.2, -0.15) is 0 Å². The maximum Gasteiger partial charge on any atom is 0.472 e. The minimum absolute atomic E-state index is 0.100. The van der Waals surface area contributed by atoms with Gasteiger partial charge in [0.1, 0.15) is 19.8 Å². The van der Waals surface area contributed by atoms with Gasteiger partial charge >= 0.3 is 13.8 Å². The van der Waals surface area contributed by atoms with Crippen molar-refractivity contribution < 1.29 is 42.4 Å². The fourth-order valence-electron chi connectivity index (χ4n) is 3.97. The van der Waals surface area contributed by atoms with Crippen LogP contribution in [-0.4, -0.2) is 68.8 Å². The number of phosphoric acid groups is 1. The van der Waals surface area contributed by atoms with Gasteiger partial charge in [-0.1, -0.05) is 116 Å². The highest BCUT2D eigenvalue weighted by Crippen LogP contribution is 2.42. The number of phosphoric ester groups is 1. The van der Waals surface area contributed by atoms with Gasteiger partial charge in [-0.25, -0.2) is 9.36 Å². The number of rotatable bonds is 27. The van der Waals surface area contributed by atoms with E-state index in [0.717, 1.165) is 12.8 Å². The van der Waals surface area contributed by atoms with E-state index in [1.807, 2.05) is 21.1 Å². The molecule has 1 unspecified atom stereocenters. The number of carbonyl (C=O) groups is 2. The molecule has 0 fully saturated rings. The zero-order valence-electron chi connectivity index (χ0n) is 28.3. The van der Waals surface area contributed by atoms with Crippen LogP contribution in [0.25, 0.3) is 0 Å². The smallest absolute Gasteiger partial charge is 0.472 e. The average Bonchev–Trinajstić information content (AvgIpc) is 2.92. The van der Waals surface area contributed by atoms with Gasteiger partial charge in [0.25, 0.3) is 0 Å². The SMILES string of the molecule is C=C(C)C(=O)OCCOP(=O)(O)OCC[N+](C)(C)C.CCCCCCCCCCCCCCCCCCC=C(C)C(=O)[O-]. The van der Waals surface area contributed by atoms with Crippen LogP contribution in [0.15, 0.2) is 23.8 Å². The summed E-state index contributed by atoms with van der Waals surface area (Å²) in [5.74, 6) is -1.60. The predicted molar refractivity (Wildman–Crippen MR) is 173 cm³/mol. The van der Waals surface area contributed by atoms with Crippen LogP contribution in [0, 0.1) is 0 Å². The third-order valence-electron chi connectivity index (χ3n) is 6.77. The summed E-state index contributed by atoms with van der Waals surface area (Å²) in [5, 5.41) is 10.5. The van der Waals surface area contributed by atoms with Crippen molar-refractivity contribution in [3.05, 3.63) is 23.8 Å². The first-order chi connectivity index (χ1) is 20.2. The second-order valence-corrected chi connectivity index (χ2v) is 13.8. The molecule has 9 nitrogen and oxygen atoms in total. The Hall–Kier alpha value is -1.51. The molecule has 0 amide bonds. The van der Waals surface area contributed by atoms with Gasteiger partial charge in [0, 0.05) is 5.57 Å². The molecule has 10 heteroatoms. The molecule has 0 aromatic rings. The second kappa shape index (κ2) is 28.0. The molecule has 0 rings (SSSR count). The number of hydrogen-bond acceptors (Lipinski definition) is 7. The zero-order valence-corrected chi connectivity index (χ0v) is 29.2. The predicted octanol–water partition coefficient (Wildman–Crippen LogP) is 7.28. The molecule has 0 aromatic heterocycles. The Kier molecular flexibility index (Phi) is 28.4. The van der Waals surface area contributed by atoms with E-state index in [2.05, 4.69) is 18.0 Å². The van der Waals surface area contributed by atoms with Crippen LogP contribution >= 0.6 is 7.82 Å². The molecule has 1 atom stereocenters. The minimum atomic E-state index is -4.09. The lowest BCUT2D eigenvalue weighted by atomic mass is 10.0. The molecule has 0 aromatic carbocycles. The minimum Gasteiger partial charge on any atom is -0.545 e. The Morgan fingerprint density at radius 2 is 1.19 bits per heavy atom. The molecular weight excluding hydrogens is 569 g/mol. The Bertz CT molecular complexity index is 807. The molecule has 0 radical (unpaired) electrons. The first-order valence-electron chi connectivity index (χ1n) is 16.3. The maximum atomic E-state index is 11.4. The lowest BCUT2D eigenvalue weighted by Crippen LogP contribution is -2.37. The zero-order chi connectivity index (χ0) is 33.0. The summed E-state index contributed by atoms with van der Waals surface area (Å²) in [6.07, 6.45) is 24.6. The molecule has 0 bridgehead atoms. The summed E-state index contributed by atoms with van der Waals surface area (Å²) in [6.45, 7) is 9.12. The molecule has 0 saturated carbocycles. The average molecular weight is 634 g/mol. The number of carbonyl (C=O) groups excluding carboxylic acids is 2. The van der Waals surface area contributed by atoms with Gasteiger partial charge in [0.15, 0.2) is 0 Å². The van der Waals surface area contributed by atoms with Gasteiger partial charge in [-0.3, -0.25) is 9.05 Å². The monoisotopic (exact) mass is 633 g/mol. The van der Waals surface area contributed by atoms with Crippen LogP contribution in [-0.2, 0) is 27.9 Å². The highest BCUT2D eigenvalue weighted by Gasteiger charge is 2.22. The quantitative estimate of drug-likeness (QED) is 0.0329. The first kappa shape index (κ1) is 43.6. The van der Waals surface area contributed by atoms with Crippen LogP contribution in [0.4, 0.5) is 0 Å². The number of allylic oxidation sites excluding steroid dienone is 1. The third kappa shape index (κ3) is 34.8. The van der Waals surface area contributed by atoms with Crippen LogP contribution in [0.3, 0.4) is 0 Å². The number of likely N-dealkylation sites (N-methyl/N-ethyl adjacent to an activating group) is 1. The number of unbranched alkanes of at least 4 members (excludes halogenated alkanes) is 16. The summed E-state index contributed by atoms with van der Waals surface area (Å²) in [6, 6.07) is 0. The Morgan fingerprint density at radius 1 is 0.767 bits per heavy atom. The highest BCUT2D eigenvalue weighted by atomic mass is 31.2. The highest BCUT2D eigenvalue weighted by molar-refractivity contribution is 7.47. The van der Waals surface area contributed by atoms with E-state index in [-0.39, 0.29) is 25.4 Å². The van der Waals surface area contributed by atoms with E-state index in [0.29, 0.717) is 16.6 Å². The van der Waals surface area contributed by atoms with Crippen molar-refractivity contribution in [3.8, 4) is 0 Å². The first-order valence-corrected chi connectivity index (χ1v) is 17.8. The Morgan fingerprint density at radius 3 is 1.58 bits per heavy atom. The number of ether oxygens (including phenoxy) is 1. The van der Waals surface area contributed by atoms with E-state index >= 15 is 0 Å². The molecule has 1 N–H and O–H groups in total. The third-order valence-corrected chi connectivity index (χ3v) is 7.78. The Balaban J connectivity index is 0. The van der Waals surface area contributed by atoms with E-state index < -0.39 is 19.8 Å². The molecule has 0 saturated heterocycles. The number of nitrogens with zero attached hydrogens (tertiary/aromatic N) is 1. The summed E-state index contributed by atoms with van der Waals surface area (Å²) in [4.78, 5) is 30.9. The van der Waals surface area contributed by atoms with Gasteiger partial charge < -0.3 is 24.0 Å². The van der Waals surface area contributed by atoms with E-state index in [9.17, 15) is 24.2 Å². The van der Waals surface area contributed by atoms with Crippen molar-refractivity contribution in [2.24, 2.45) is 0 Å². The molecule has 0 spiro atoms. The van der Waals surface area contributed by atoms with Crippen LogP contribution in [0.5, 0.6) is 0 Å². The summed E-state index contributed by atoms with van der Waals surface area (Å²) in [7, 11) is 1.72. The van der Waals surface area contributed by atoms with E-state index in [1.165, 1.54) is 103 Å². The van der Waals surface area contributed by atoms with E-state index in [1.54, 1.807) is 13.0 Å². The second-order valence-electron chi connectivity index (χ2n) is 12.3. The van der Waals surface area contributed by atoms with Crippen LogP contribution < -0.4 is 5.11 Å². The fraction of sp³-hybridized carbons (Fsp3) is 0.818. The number of aliphatic carboxylic acids is 1. The number of quaternary nitrogens is 1. The summed E-state index contributed by atoms with van der Waals surface area (Å²) < 4.78 is 26.2. The molecular formula is C33H64NO8P. The van der Waals surface area contributed by atoms with Gasteiger partial charge in [0.2, 0.25) is 0 Å². The van der Waals surface area contributed by atoms with E-state index in [4.69, 9.17) is 9.26 Å². The summed E-state index contributed by atoms with van der Waals surface area (Å²) in [5.41, 5.74) is 0.627. The molecule has 0 aliphatic heterocycles. The molecule has 254 valence electrons. The van der Waals surface area contributed by atoms with Crippen molar-refractivity contribution in [3.63, 3.8) is 0 Å². The van der Waals surface area contributed by atoms with Crippen molar-refractivity contribution in [2.75, 3.05) is 47.5 Å². The number of carboxylic acid groups (broad SMARTS) is 1. The van der Waals surface area contributed by atoms with Crippen molar-refractivity contribution in [1.29, 1.82) is 0 Å². The van der Waals surface area contributed by atoms with Crippen LogP contribution in [0.2, 0.25) is 0 Å². The van der Waals surface area contributed by atoms with Gasteiger partial charge in [-0.05, 0) is 32.3 Å². The lowest BCUT2D eigenvalue weighted by Gasteiger charge is -2.23. The standard InChI is InChI=1S/C22H42O2.C11H22NO6P/c1-3-4-5-6-7-8-9-10-11-12-13-14-15-16-17-18-19-20-21(2)22(23)24;1-10(2)11(13)16-8-9-18-19(14,15)17-7-6-12(3,4)5/h20H,3-19H2,1-2H3,(H,23,24);1,6-9H2,2-5H3. The van der Waals surface area contributed by atoms with Gasteiger partial charge in [0.05, 0.1) is 33.7 Å². The van der Waals surface area contributed by atoms with Gasteiger partial charge in [-0.15, -0.1) is 0 Å². The number of carboxylic acids is 1. The van der Waals surface area contributed by atoms with Crippen molar-refractivity contribution >= 4 is 19.8 Å². The number of esters is 1. The molecule has 43 heavy (non-hydrogen) atoms. The topological polar surface area (TPSA) is 122 Å². The summed E-state index contributed by atoms with van der Waals surface area (Å²) >= 11 is 0. The maximum absolute atomic E-state index is 11.4. The molecule has 0 aliphatic carbocycles. The fourth-order valence-corrected chi connectivity index (χ4v) is 4.66. The molecule has 0 aliphatic rings. The number of hydrogen-bond donors (Lipinski definition) is 1. The largest absolute Gasteiger partial charge is 0.545 e. The Labute approximate surface area is 263 Å². The normalized spacial score (nSPS) is 13.1. The van der Waals surface area contributed by atoms with Crippen LogP contribution in [0.1, 0.15) is 130 Å². The van der Waals surface area contributed by atoms with Crippen molar-refractivity contribution in [1.82, 2.24) is 0 Å². The molecule has 0 heterocycles. The lowest BCUT2D eigenvalue weighted by molar-refractivity contribution is -0.870. The van der Waals surface area contributed by atoms with Crippen molar-refractivity contribution in [2.45, 2.75) is 130 Å².